The lowest BCUT2D eigenvalue weighted by Crippen LogP contribution is -2.45. The Labute approximate surface area is 162 Å². The highest BCUT2D eigenvalue weighted by Crippen LogP contribution is 2.19. The second kappa shape index (κ2) is 11.1. The highest BCUT2D eigenvalue weighted by molar-refractivity contribution is 5.87. The molecule has 0 saturated carbocycles. The molecule has 0 aromatic heterocycles. The Morgan fingerprint density at radius 3 is 2.04 bits per heavy atom. The summed E-state index contributed by atoms with van der Waals surface area (Å²) in [4.78, 5) is 37.5. The number of rotatable bonds is 10. The minimum Gasteiger partial charge on any atom is -0.448 e. The maximum atomic E-state index is 12.1. The van der Waals surface area contributed by atoms with Crippen molar-refractivity contribution in [3.8, 4) is 0 Å². The molecule has 7 heteroatoms. The Bertz CT molecular complexity index is 499. The van der Waals surface area contributed by atoms with Crippen molar-refractivity contribution in [2.75, 3.05) is 13.6 Å². The van der Waals surface area contributed by atoms with E-state index in [-0.39, 0.29) is 13.0 Å². The van der Waals surface area contributed by atoms with Gasteiger partial charge in [0.25, 0.3) is 0 Å². The molecular formula is C20H35NO6. The van der Waals surface area contributed by atoms with Crippen LogP contribution in [0.25, 0.3) is 0 Å². The second-order valence-electron chi connectivity index (χ2n) is 8.10. The van der Waals surface area contributed by atoms with Crippen LogP contribution >= 0.6 is 0 Å². The van der Waals surface area contributed by atoms with Crippen molar-refractivity contribution in [2.24, 2.45) is 0 Å². The third kappa shape index (κ3) is 9.11. The van der Waals surface area contributed by atoms with Crippen LogP contribution in [0.5, 0.6) is 0 Å². The lowest BCUT2D eigenvalue weighted by Gasteiger charge is -2.29. The zero-order valence-corrected chi connectivity index (χ0v) is 17.4. The van der Waals surface area contributed by atoms with E-state index in [2.05, 4.69) is 6.92 Å². The van der Waals surface area contributed by atoms with E-state index < -0.39 is 35.8 Å². The van der Waals surface area contributed by atoms with Crippen molar-refractivity contribution in [2.45, 2.75) is 96.9 Å². The van der Waals surface area contributed by atoms with Crippen molar-refractivity contribution in [3.63, 3.8) is 0 Å². The van der Waals surface area contributed by atoms with Crippen molar-refractivity contribution < 1.29 is 28.6 Å². The molecule has 7 nitrogen and oxygen atoms in total. The Balaban J connectivity index is 2.33. The molecule has 1 fully saturated rings. The predicted octanol–water partition coefficient (Wildman–Crippen LogP) is 3.83. The smallest absolute Gasteiger partial charge is 0.410 e. The summed E-state index contributed by atoms with van der Waals surface area (Å²) < 4.78 is 15.8. The van der Waals surface area contributed by atoms with E-state index >= 15 is 0 Å². The average Bonchev–Trinajstić information content (AvgIpc) is 2.57. The molecule has 1 aliphatic rings. The minimum absolute atomic E-state index is 0.185. The number of esters is 2. The molecule has 0 aromatic carbocycles. The van der Waals surface area contributed by atoms with Crippen LogP contribution in [-0.4, -0.2) is 54.3 Å². The molecule has 1 aliphatic heterocycles. The number of carbonyl (C=O) groups is 3. The van der Waals surface area contributed by atoms with Crippen LogP contribution in [0.3, 0.4) is 0 Å². The van der Waals surface area contributed by atoms with Crippen LogP contribution in [0.2, 0.25) is 0 Å². The molecule has 0 aliphatic carbocycles. The van der Waals surface area contributed by atoms with Crippen LogP contribution in [-0.2, 0) is 23.8 Å². The van der Waals surface area contributed by atoms with E-state index in [0.717, 1.165) is 19.3 Å². The van der Waals surface area contributed by atoms with Gasteiger partial charge in [-0.3, -0.25) is 0 Å². The maximum absolute atomic E-state index is 12.1. The van der Waals surface area contributed by atoms with Crippen LogP contribution < -0.4 is 0 Å². The van der Waals surface area contributed by atoms with Crippen LogP contribution in [0.1, 0.15) is 79.1 Å². The lowest BCUT2D eigenvalue weighted by atomic mass is 10.1. The van der Waals surface area contributed by atoms with Gasteiger partial charge in [0.1, 0.15) is 5.60 Å². The molecule has 0 aromatic rings. The van der Waals surface area contributed by atoms with Crippen LogP contribution in [0, 0.1) is 0 Å². The second-order valence-corrected chi connectivity index (χ2v) is 8.10. The summed E-state index contributed by atoms with van der Waals surface area (Å²) in [5, 5.41) is 0. The summed E-state index contributed by atoms with van der Waals surface area (Å²) in [6.07, 6.45) is 5.02. The number of ether oxygens (including phenoxy) is 3. The fourth-order valence-corrected chi connectivity index (χ4v) is 2.73. The lowest BCUT2D eigenvalue weighted by molar-refractivity contribution is -0.196. The first-order valence-corrected chi connectivity index (χ1v) is 9.99. The van der Waals surface area contributed by atoms with Gasteiger partial charge in [-0.2, -0.15) is 0 Å². The highest BCUT2D eigenvalue weighted by Gasteiger charge is 2.38. The summed E-state index contributed by atoms with van der Waals surface area (Å²) in [6.45, 7) is 7.73. The van der Waals surface area contributed by atoms with Gasteiger partial charge in [0.05, 0.1) is 0 Å². The molecule has 0 N–H and O–H groups in total. The molecule has 2 unspecified atom stereocenters. The Morgan fingerprint density at radius 2 is 1.48 bits per heavy atom. The number of hydrogen-bond donors (Lipinski definition) is 0. The van der Waals surface area contributed by atoms with E-state index in [0.29, 0.717) is 6.42 Å². The van der Waals surface area contributed by atoms with Gasteiger partial charge in [0.2, 0.25) is 6.10 Å². The van der Waals surface area contributed by atoms with Crippen LogP contribution in [0.4, 0.5) is 4.79 Å². The molecule has 1 saturated heterocycles. The molecule has 27 heavy (non-hydrogen) atoms. The number of cyclic esters (lactones) is 2. The Kier molecular flexibility index (Phi) is 9.60. The van der Waals surface area contributed by atoms with Gasteiger partial charge in [-0.1, -0.05) is 39.0 Å². The van der Waals surface area contributed by atoms with Gasteiger partial charge >= 0.3 is 18.0 Å². The van der Waals surface area contributed by atoms with E-state index in [4.69, 9.17) is 14.2 Å². The van der Waals surface area contributed by atoms with Gasteiger partial charge in [-0.05, 0) is 33.6 Å². The molecule has 1 rings (SSSR count). The maximum Gasteiger partial charge on any atom is 0.410 e. The molecule has 1 amide bonds. The first-order chi connectivity index (χ1) is 12.6. The topological polar surface area (TPSA) is 82.1 Å². The summed E-state index contributed by atoms with van der Waals surface area (Å²) >= 11 is 0. The third-order valence-electron chi connectivity index (χ3n) is 4.29. The number of amides is 1. The SMILES string of the molecule is CCCCCCCCC1OC(=O)C(CCN(C)C(=O)OC(C)(C)C)OC1=O. The molecule has 0 spiro atoms. The number of unbranched alkanes of at least 4 members (excludes halogenated alkanes) is 5. The van der Waals surface area contributed by atoms with Gasteiger partial charge in [-0.25, -0.2) is 14.4 Å². The van der Waals surface area contributed by atoms with Crippen molar-refractivity contribution in [3.05, 3.63) is 0 Å². The molecule has 156 valence electrons. The first kappa shape index (κ1) is 23.2. The first-order valence-electron chi connectivity index (χ1n) is 9.99. The molecule has 0 bridgehead atoms. The van der Waals surface area contributed by atoms with Gasteiger partial charge in [0.15, 0.2) is 6.10 Å². The van der Waals surface area contributed by atoms with E-state index in [1.807, 2.05) is 0 Å². The van der Waals surface area contributed by atoms with Gasteiger partial charge < -0.3 is 19.1 Å². The van der Waals surface area contributed by atoms with Gasteiger partial charge in [-0.15, -0.1) is 0 Å². The van der Waals surface area contributed by atoms with E-state index in [9.17, 15) is 14.4 Å². The zero-order chi connectivity index (χ0) is 20.4. The van der Waals surface area contributed by atoms with Crippen molar-refractivity contribution in [1.29, 1.82) is 0 Å². The standard InChI is InChI=1S/C20H35NO6/c1-6-7-8-9-10-11-12-15-17(22)26-16(18(23)25-15)13-14-21(5)19(24)27-20(2,3)4/h15-16H,6-14H2,1-5H3. The summed E-state index contributed by atoms with van der Waals surface area (Å²) in [5.74, 6) is -1.03. The highest BCUT2D eigenvalue weighted by atomic mass is 16.6. The molecule has 0 radical (unpaired) electrons. The summed E-state index contributed by atoms with van der Waals surface area (Å²) in [5.41, 5.74) is -0.592. The monoisotopic (exact) mass is 385 g/mol. The third-order valence-corrected chi connectivity index (χ3v) is 4.29. The molecular weight excluding hydrogens is 350 g/mol. The summed E-state index contributed by atoms with van der Waals surface area (Å²) in [7, 11) is 1.57. The quantitative estimate of drug-likeness (QED) is 0.323. The van der Waals surface area contributed by atoms with Crippen LogP contribution in [0.15, 0.2) is 0 Å². The minimum atomic E-state index is -0.969. The molecule has 1 heterocycles. The van der Waals surface area contributed by atoms with Crippen molar-refractivity contribution >= 4 is 18.0 Å². The fourth-order valence-electron chi connectivity index (χ4n) is 2.73. The van der Waals surface area contributed by atoms with E-state index in [1.165, 1.54) is 24.2 Å². The van der Waals surface area contributed by atoms with E-state index in [1.54, 1.807) is 27.8 Å². The zero-order valence-electron chi connectivity index (χ0n) is 17.4. The normalized spacial score (nSPS) is 20.0. The largest absolute Gasteiger partial charge is 0.448 e. The molecule has 2 atom stereocenters. The predicted molar refractivity (Wildman–Crippen MR) is 101 cm³/mol. The average molecular weight is 386 g/mol. The Morgan fingerprint density at radius 1 is 0.963 bits per heavy atom. The number of hydrogen-bond acceptors (Lipinski definition) is 6. The number of nitrogens with zero attached hydrogens (tertiary/aromatic N) is 1. The Hall–Kier alpha value is -1.79. The van der Waals surface area contributed by atoms with Gasteiger partial charge in [0, 0.05) is 20.0 Å². The van der Waals surface area contributed by atoms with Crippen molar-refractivity contribution in [1.82, 2.24) is 4.90 Å². The number of carbonyl (C=O) groups excluding carboxylic acids is 3. The summed E-state index contributed by atoms with van der Waals surface area (Å²) in [6, 6.07) is 0. The fraction of sp³-hybridized carbons (Fsp3) is 0.850.